The summed E-state index contributed by atoms with van der Waals surface area (Å²) in [6.07, 6.45) is 0. The summed E-state index contributed by atoms with van der Waals surface area (Å²) in [4.78, 5) is 22.0. The third-order valence-electron chi connectivity index (χ3n) is 1.69. The fourth-order valence-corrected chi connectivity index (χ4v) is 1.10. The molecule has 0 fully saturated rings. The van der Waals surface area contributed by atoms with Gasteiger partial charge in [-0.05, 0) is 13.8 Å². The molecule has 0 amide bonds. The van der Waals surface area contributed by atoms with Gasteiger partial charge < -0.3 is 0 Å². The summed E-state index contributed by atoms with van der Waals surface area (Å²) in [5.41, 5.74) is 1.01. The Morgan fingerprint density at radius 1 is 0.857 bits per heavy atom. The topological polar surface area (TPSA) is 34.1 Å². The SMILES string of the molecule is CC.CC(=O)c1ccccc1C(C)=O. The van der Waals surface area contributed by atoms with Gasteiger partial charge in [-0.3, -0.25) is 9.59 Å². The lowest BCUT2D eigenvalue weighted by molar-refractivity contribution is 0.0981. The Morgan fingerprint density at radius 2 is 1.14 bits per heavy atom. The second kappa shape index (κ2) is 6.08. The van der Waals surface area contributed by atoms with Gasteiger partial charge in [0.25, 0.3) is 0 Å². The molecule has 0 bridgehead atoms. The summed E-state index contributed by atoms with van der Waals surface area (Å²) >= 11 is 0. The van der Waals surface area contributed by atoms with Gasteiger partial charge >= 0.3 is 0 Å². The maximum atomic E-state index is 11.0. The number of carbonyl (C=O) groups is 2. The molecule has 2 nitrogen and oxygen atoms in total. The Labute approximate surface area is 84.9 Å². The summed E-state index contributed by atoms with van der Waals surface area (Å²) in [6.45, 7) is 6.92. The second-order valence-corrected chi connectivity index (χ2v) is 2.66. The Kier molecular flexibility index (Phi) is 5.46. The molecule has 0 saturated heterocycles. The molecule has 0 aliphatic rings. The van der Waals surface area contributed by atoms with Gasteiger partial charge in [0.15, 0.2) is 11.6 Å². The maximum Gasteiger partial charge on any atom is 0.160 e. The van der Waals surface area contributed by atoms with E-state index in [2.05, 4.69) is 0 Å². The normalized spacial score (nSPS) is 8.57. The molecule has 0 aliphatic carbocycles. The third kappa shape index (κ3) is 3.13. The average molecular weight is 192 g/mol. The molecule has 0 unspecified atom stereocenters. The zero-order valence-electron chi connectivity index (χ0n) is 9.13. The van der Waals surface area contributed by atoms with E-state index in [0.29, 0.717) is 11.1 Å². The highest BCUT2D eigenvalue weighted by Crippen LogP contribution is 2.09. The van der Waals surface area contributed by atoms with Crippen molar-refractivity contribution in [3.63, 3.8) is 0 Å². The summed E-state index contributed by atoms with van der Waals surface area (Å²) in [7, 11) is 0. The minimum absolute atomic E-state index is 0.0687. The van der Waals surface area contributed by atoms with Crippen LogP contribution in [0.15, 0.2) is 24.3 Å². The van der Waals surface area contributed by atoms with Crippen LogP contribution in [0.25, 0.3) is 0 Å². The second-order valence-electron chi connectivity index (χ2n) is 2.66. The number of carbonyl (C=O) groups excluding carboxylic acids is 2. The van der Waals surface area contributed by atoms with E-state index in [1.807, 2.05) is 13.8 Å². The van der Waals surface area contributed by atoms with Gasteiger partial charge in [0.1, 0.15) is 0 Å². The number of rotatable bonds is 2. The van der Waals surface area contributed by atoms with Crippen LogP contribution in [0.3, 0.4) is 0 Å². The largest absolute Gasteiger partial charge is 0.294 e. The Hall–Kier alpha value is -1.44. The first-order valence-electron chi connectivity index (χ1n) is 4.74. The molecule has 1 rings (SSSR count). The summed E-state index contributed by atoms with van der Waals surface area (Å²) in [6, 6.07) is 6.84. The van der Waals surface area contributed by atoms with Gasteiger partial charge in [0.05, 0.1) is 0 Å². The van der Waals surface area contributed by atoms with Crippen molar-refractivity contribution in [3.8, 4) is 0 Å². The van der Waals surface area contributed by atoms with E-state index < -0.39 is 0 Å². The van der Waals surface area contributed by atoms with E-state index in [1.54, 1.807) is 24.3 Å². The molecule has 2 heteroatoms. The average Bonchev–Trinajstić information content (AvgIpc) is 2.20. The van der Waals surface area contributed by atoms with Gasteiger partial charge in [-0.2, -0.15) is 0 Å². The van der Waals surface area contributed by atoms with E-state index >= 15 is 0 Å². The van der Waals surface area contributed by atoms with Crippen LogP contribution in [-0.2, 0) is 0 Å². The third-order valence-corrected chi connectivity index (χ3v) is 1.69. The smallest absolute Gasteiger partial charge is 0.160 e. The molecule has 0 saturated carbocycles. The van der Waals surface area contributed by atoms with Crippen LogP contribution < -0.4 is 0 Å². The molecule has 76 valence electrons. The lowest BCUT2D eigenvalue weighted by atomic mass is 10.0. The zero-order chi connectivity index (χ0) is 11.1. The molecule has 0 aromatic heterocycles. The van der Waals surface area contributed by atoms with Crippen LogP contribution in [0.1, 0.15) is 48.4 Å². The van der Waals surface area contributed by atoms with Crippen LogP contribution in [0.5, 0.6) is 0 Å². The summed E-state index contributed by atoms with van der Waals surface area (Å²) in [5, 5.41) is 0. The van der Waals surface area contributed by atoms with Crippen LogP contribution in [0.2, 0.25) is 0 Å². The van der Waals surface area contributed by atoms with Crippen molar-refractivity contribution >= 4 is 11.6 Å². The fourth-order valence-electron chi connectivity index (χ4n) is 1.10. The molecule has 1 aromatic carbocycles. The van der Waals surface area contributed by atoms with E-state index in [9.17, 15) is 9.59 Å². The molecule has 1 aromatic rings. The van der Waals surface area contributed by atoms with Gasteiger partial charge in [-0.15, -0.1) is 0 Å². The number of benzene rings is 1. The standard InChI is InChI=1S/C10H10O2.C2H6/c1-7(11)9-5-3-4-6-10(9)8(2)12;1-2/h3-6H,1-2H3;1-2H3. The summed E-state index contributed by atoms with van der Waals surface area (Å²) < 4.78 is 0. The van der Waals surface area contributed by atoms with Crippen molar-refractivity contribution in [2.75, 3.05) is 0 Å². The Morgan fingerprint density at radius 3 is 1.36 bits per heavy atom. The van der Waals surface area contributed by atoms with Crippen molar-refractivity contribution in [3.05, 3.63) is 35.4 Å². The van der Waals surface area contributed by atoms with Gasteiger partial charge in [-0.1, -0.05) is 38.1 Å². The first-order chi connectivity index (χ1) is 6.63. The first kappa shape index (κ1) is 12.6. The number of Topliss-reactive ketones (excluding diaryl/α,β-unsaturated/α-hetero) is 2. The monoisotopic (exact) mass is 192 g/mol. The van der Waals surface area contributed by atoms with E-state index in [-0.39, 0.29) is 11.6 Å². The molecular formula is C12H16O2. The predicted molar refractivity (Wildman–Crippen MR) is 57.8 cm³/mol. The summed E-state index contributed by atoms with van der Waals surface area (Å²) in [5.74, 6) is -0.137. The van der Waals surface area contributed by atoms with Crippen molar-refractivity contribution in [2.24, 2.45) is 0 Å². The molecule has 0 N–H and O–H groups in total. The minimum atomic E-state index is -0.0687. The predicted octanol–water partition coefficient (Wildman–Crippen LogP) is 3.12. The molecule has 0 spiro atoms. The molecule has 0 radical (unpaired) electrons. The van der Waals surface area contributed by atoms with E-state index in [1.165, 1.54) is 13.8 Å². The van der Waals surface area contributed by atoms with Crippen molar-refractivity contribution in [2.45, 2.75) is 27.7 Å². The lowest BCUT2D eigenvalue weighted by Gasteiger charge is -2.00. The lowest BCUT2D eigenvalue weighted by Crippen LogP contribution is -2.02. The number of hydrogen-bond acceptors (Lipinski definition) is 2. The quantitative estimate of drug-likeness (QED) is 0.675. The molecule has 14 heavy (non-hydrogen) atoms. The van der Waals surface area contributed by atoms with Crippen LogP contribution in [-0.4, -0.2) is 11.6 Å². The highest BCUT2D eigenvalue weighted by atomic mass is 16.1. The van der Waals surface area contributed by atoms with Crippen molar-refractivity contribution in [1.82, 2.24) is 0 Å². The number of hydrogen-bond donors (Lipinski definition) is 0. The molecule has 0 atom stereocenters. The maximum absolute atomic E-state index is 11.0. The molecule has 0 heterocycles. The Bertz CT molecular complexity index is 294. The van der Waals surface area contributed by atoms with Crippen molar-refractivity contribution < 1.29 is 9.59 Å². The van der Waals surface area contributed by atoms with Gasteiger partial charge in [0.2, 0.25) is 0 Å². The molecule has 0 aliphatic heterocycles. The van der Waals surface area contributed by atoms with Crippen LogP contribution >= 0.6 is 0 Å². The first-order valence-corrected chi connectivity index (χ1v) is 4.74. The van der Waals surface area contributed by atoms with E-state index in [0.717, 1.165) is 0 Å². The zero-order valence-corrected chi connectivity index (χ0v) is 9.13. The fraction of sp³-hybridized carbons (Fsp3) is 0.333. The van der Waals surface area contributed by atoms with Gasteiger partial charge in [0, 0.05) is 11.1 Å². The van der Waals surface area contributed by atoms with Gasteiger partial charge in [-0.25, -0.2) is 0 Å². The van der Waals surface area contributed by atoms with Crippen LogP contribution in [0, 0.1) is 0 Å². The Balaban J connectivity index is 0.000000791. The highest BCUT2D eigenvalue weighted by Gasteiger charge is 2.08. The van der Waals surface area contributed by atoms with Crippen molar-refractivity contribution in [1.29, 1.82) is 0 Å². The van der Waals surface area contributed by atoms with Crippen LogP contribution in [0.4, 0.5) is 0 Å². The number of ketones is 2. The minimum Gasteiger partial charge on any atom is -0.294 e. The molecular weight excluding hydrogens is 176 g/mol. The highest BCUT2D eigenvalue weighted by molar-refractivity contribution is 6.07. The van der Waals surface area contributed by atoms with E-state index in [4.69, 9.17) is 0 Å².